The van der Waals surface area contributed by atoms with E-state index in [9.17, 15) is 4.79 Å². The fourth-order valence-electron chi connectivity index (χ4n) is 1.16. The molecule has 0 amide bonds. The van der Waals surface area contributed by atoms with E-state index in [0.29, 0.717) is 32.3 Å². The Labute approximate surface area is 118 Å². The Morgan fingerprint density at radius 1 is 1.47 bits per heavy atom. The summed E-state index contributed by atoms with van der Waals surface area (Å²) in [6, 6.07) is 3.54. The normalized spacial score (nSPS) is 11.4. The third kappa shape index (κ3) is 4.22. The predicted molar refractivity (Wildman–Crippen MR) is 74.0 cm³/mol. The lowest BCUT2D eigenvalue weighted by Crippen LogP contribution is -2.05. The van der Waals surface area contributed by atoms with Crippen molar-refractivity contribution in [2.24, 2.45) is 0 Å². The van der Waals surface area contributed by atoms with Crippen LogP contribution in [0.3, 0.4) is 0 Å². The molecule has 0 aliphatic heterocycles. The van der Waals surface area contributed by atoms with Crippen LogP contribution in [0.1, 0.15) is 6.92 Å². The number of hydrogen-bond donors (Lipinski definition) is 2. The molecular formula is C11H10BrCl2NO2. The Kier molecular flexibility index (Phi) is 5.31. The minimum absolute atomic E-state index is 0.393. The summed E-state index contributed by atoms with van der Waals surface area (Å²) >= 11 is 15.2. The number of halogens is 3. The van der Waals surface area contributed by atoms with Gasteiger partial charge in [0.05, 0.1) is 15.7 Å². The van der Waals surface area contributed by atoms with E-state index in [1.54, 1.807) is 19.1 Å². The number of carbonyl (C=O) groups is 1. The smallest absolute Gasteiger partial charge is 0.328 e. The standard InChI is InChI=1S/C11H10BrCl2NO2/c1-6(4-9(16)17)5-15-8-3-2-7(12)10(13)11(8)14/h2-4,15H,5H2,1H3,(H,16,17)/b6-4-. The number of aliphatic carboxylic acids is 1. The highest BCUT2D eigenvalue weighted by Gasteiger charge is 2.07. The summed E-state index contributed by atoms with van der Waals surface area (Å²) < 4.78 is 0.715. The van der Waals surface area contributed by atoms with E-state index in [4.69, 9.17) is 28.3 Å². The van der Waals surface area contributed by atoms with Gasteiger partial charge in [-0.25, -0.2) is 4.79 Å². The van der Waals surface area contributed by atoms with Crippen LogP contribution in [0, 0.1) is 0 Å². The first-order chi connectivity index (χ1) is 7.91. The average Bonchev–Trinajstić information content (AvgIpc) is 2.24. The monoisotopic (exact) mass is 337 g/mol. The number of hydrogen-bond acceptors (Lipinski definition) is 2. The predicted octanol–water partition coefficient (Wildman–Crippen LogP) is 4.20. The summed E-state index contributed by atoms with van der Waals surface area (Å²) in [6.07, 6.45) is 1.14. The lowest BCUT2D eigenvalue weighted by molar-refractivity contribution is -0.131. The van der Waals surface area contributed by atoms with Crippen molar-refractivity contribution in [2.75, 3.05) is 11.9 Å². The Hall–Kier alpha value is -0.710. The number of nitrogens with one attached hydrogen (secondary N) is 1. The Morgan fingerprint density at radius 2 is 2.12 bits per heavy atom. The Morgan fingerprint density at radius 3 is 2.71 bits per heavy atom. The molecular weight excluding hydrogens is 329 g/mol. The van der Waals surface area contributed by atoms with Crippen molar-refractivity contribution in [3.05, 3.63) is 38.3 Å². The SMILES string of the molecule is C/C(=C/C(=O)O)CNc1ccc(Br)c(Cl)c1Cl. The molecule has 0 fully saturated rings. The molecule has 1 aromatic carbocycles. The molecule has 0 saturated carbocycles. The molecule has 6 heteroatoms. The van der Waals surface area contributed by atoms with Crippen LogP contribution in [0.2, 0.25) is 10.0 Å². The second-order valence-corrected chi connectivity index (χ2v) is 5.02. The quantitative estimate of drug-likeness (QED) is 0.639. The molecule has 0 aromatic heterocycles. The highest BCUT2D eigenvalue weighted by molar-refractivity contribution is 9.10. The van der Waals surface area contributed by atoms with Crippen LogP contribution in [-0.4, -0.2) is 17.6 Å². The van der Waals surface area contributed by atoms with Gasteiger partial charge in [-0.15, -0.1) is 0 Å². The van der Waals surface area contributed by atoms with Crippen LogP contribution in [0.15, 0.2) is 28.3 Å². The molecule has 3 nitrogen and oxygen atoms in total. The first-order valence-electron chi connectivity index (χ1n) is 4.69. The molecule has 0 heterocycles. The molecule has 0 aliphatic rings. The molecule has 0 atom stereocenters. The summed E-state index contributed by atoms with van der Waals surface area (Å²) in [6.45, 7) is 2.11. The summed E-state index contributed by atoms with van der Waals surface area (Å²) in [5.41, 5.74) is 1.35. The van der Waals surface area contributed by atoms with E-state index >= 15 is 0 Å². The molecule has 0 aliphatic carbocycles. The number of anilines is 1. The molecule has 0 bridgehead atoms. The van der Waals surface area contributed by atoms with E-state index in [2.05, 4.69) is 21.2 Å². The lowest BCUT2D eigenvalue weighted by atomic mass is 10.2. The lowest BCUT2D eigenvalue weighted by Gasteiger charge is -2.10. The third-order valence-corrected chi connectivity index (χ3v) is 3.73. The van der Waals surface area contributed by atoms with E-state index in [1.807, 2.05) is 0 Å². The van der Waals surface area contributed by atoms with Crippen LogP contribution in [-0.2, 0) is 4.79 Å². The number of rotatable bonds is 4. The first kappa shape index (κ1) is 14.4. The van der Waals surface area contributed by atoms with E-state index in [1.165, 1.54) is 0 Å². The van der Waals surface area contributed by atoms with Crippen LogP contribution in [0.4, 0.5) is 5.69 Å². The average molecular weight is 339 g/mol. The highest BCUT2D eigenvalue weighted by Crippen LogP contribution is 2.35. The summed E-state index contributed by atoms with van der Waals surface area (Å²) in [5, 5.41) is 12.4. The molecule has 0 unspecified atom stereocenters. The van der Waals surface area contributed by atoms with Crippen molar-refractivity contribution in [3.63, 3.8) is 0 Å². The van der Waals surface area contributed by atoms with Crippen molar-refractivity contribution in [3.8, 4) is 0 Å². The van der Waals surface area contributed by atoms with Crippen molar-refractivity contribution >= 4 is 50.8 Å². The van der Waals surface area contributed by atoms with Gasteiger partial charge in [0.15, 0.2) is 0 Å². The third-order valence-electron chi connectivity index (χ3n) is 1.96. The largest absolute Gasteiger partial charge is 0.478 e. The van der Waals surface area contributed by atoms with Gasteiger partial charge in [-0.05, 0) is 40.6 Å². The fraction of sp³-hybridized carbons (Fsp3) is 0.182. The molecule has 0 radical (unpaired) electrons. The van der Waals surface area contributed by atoms with Crippen LogP contribution >= 0.6 is 39.1 Å². The second kappa shape index (κ2) is 6.28. The summed E-state index contributed by atoms with van der Waals surface area (Å²) in [7, 11) is 0. The zero-order valence-electron chi connectivity index (χ0n) is 8.93. The molecule has 0 saturated heterocycles. The van der Waals surface area contributed by atoms with Gasteiger partial charge in [0.2, 0.25) is 0 Å². The molecule has 1 aromatic rings. The van der Waals surface area contributed by atoms with Gasteiger partial charge in [0, 0.05) is 17.1 Å². The molecule has 92 valence electrons. The van der Waals surface area contributed by atoms with Gasteiger partial charge in [-0.2, -0.15) is 0 Å². The minimum Gasteiger partial charge on any atom is -0.478 e. The maximum atomic E-state index is 10.4. The van der Waals surface area contributed by atoms with Crippen molar-refractivity contribution in [2.45, 2.75) is 6.92 Å². The topological polar surface area (TPSA) is 49.3 Å². The van der Waals surface area contributed by atoms with Crippen molar-refractivity contribution < 1.29 is 9.90 Å². The summed E-state index contributed by atoms with van der Waals surface area (Å²) in [5.74, 6) is -0.968. The number of carboxylic acid groups (broad SMARTS) is 1. The highest BCUT2D eigenvalue weighted by atomic mass is 79.9. The number of carboxylic acids is 1. The van der Waals surface area contributed by atoms with Gasteiger partial charge in [-0.3, -0.25) is 0 Å². The minimum atomic E-state index is -0.968. The Bertz CT molecular complexity index is 475. The van der Waals surface area contributed by atoms with Gasteiger partial charge in [0.1, 0.15) is 0 Å². The van der Waals surface area contributed by atoms with Crippen LogP contribution in [0.5, 0.6) is 0 Å². The molecule has 2 N–H and O–H groups in total. The van der Waals surface area contributed by atoms with Crippen molar-refractivity contribution in [1.29, 1.82) is 0 Å². The van der Waals surface area contributed by atoms with E-state index < -0.39 is 5.97 Å². The van der Waals surface area contributed by atoms with E-state index in [0.717, 1.165) is 6.08 Å². The Balaban J connectivity index is 2.77. The van der Waals surface area contributed by atoms with Crippen molar-refractivity contribution in [1.82, 2.24) is 0 Å². The number of benzene rings is 1. The molecule has 0 spiro atoms. The first-order valence-corrected chi connectivity index (χ1v) is 6.24. The zero-order valence-corrected chi connectivity index (χ0v) is 12.0. The molecule has 17 heavy (non-hydrogen) atoms. The molecule has 1 rings (SSSR count). The van der Waals surface area contributed by atoms with Gasteiger partial charge in [0.25, 0.3) is 0 Å². The zero-order chi connectivity index (χ0) is 13.0. The van der Waals surface area contributed by atoms with Gasteiger partial charge >= 0.3 is 5.97 Å². The summed E-state index contributed by atoms with van der Waals surface area (Å²) in [4.78, 5) is 10.4. The van der Waals surface area contributed by atoms with Crippen LogP contribution < -0.4 is 5.32 Å². The fourth-order valence-corrected chi connectivity index (χ4v) is 2.00. The maximum absolute atomic E-state index is 10.4. The maximum Gasteiger partial charge on any atom is 0.328 e. The van der Waals surface area contributed by atoms with Crippen LogP contribution in [0.25, 0.3) is 0 Å². The van der Waals surface area contributed by atoms with E-state index in [-0.39, 0.29) is 0 Å². The van der Waals surface area contributed by atoms with Gasteiger partial charge in [-0.1, -0.05) is 23.2 Å². The second-order valence-electron chi connectivity index (χ2n) is 3.41. The van der Waals surface area contributed by atoms with Gasteiger partial charge < -0.3 is 10.4 Å².